The second-order valence-corrected chi connectivity index (χ2v) is 5.85. The zero-order valence-electron chi connectivity index (χ0n) is 12.9. The minimum Gasteiger partial charge on any atom is -0.411 e. The van der Waals surface area contributed by atoms with E-state index in [0.29, 0.717) is 11.4 Å². The van der Waals surface area contributed by atoms with Gasteiger partial charge in [-0.2, -0.15) is 0 Å². The summed E-state index contributed by atoms with van der Waals surface area (Å²) in [6, 6.07) is 0.0878. The summed E-state index contributed by atoms with van der Waals surface area (Å²) in [6.45, 7) is 13.4. The van der Waals surface area contributed by atoms with Gasteiger partial charge in [-0.15, -0.1) is 0 Å². The van der Waals surface area contributed by atoms with E-state index in [2.05, 4.69) is 34.8 Å². The molecule has 0 rings (SSSR count). The number of rotatable bonds is 8. The summed E-state index contributed by atoms with van der Waals surface area (Å²) in [6.07, 6.45) is 0. The molecule has 6 heteroatoms. The van der Waals surface area contributed by atoms with Crippen molar-refractivity contribution in [2.24, 2.45) is 15.7 Å². The van der Waals surface area contributed by atoms with E-state index in [0.717, 1.165) is 13.1 Å². The Morgan fingerprint density at radius 2 is 1.26 bits per heavy atom. The van der Waals surface area contributed by atoms with Gasteiger partial charge in [-0.1, -0.05) is 24.2 Å². The predicted molar refractivity (Wildman–Crippen MR) is 78.5 cm³/mol. The zero-order chi connectivity index (χ0) is 15.1. The van der Waals surface area contributed by atoms with Crippen molar-refractivity contribution >= 4 is 11.4 Å². The lowest BCUT2D eigenvalue weighted by Crippen LogP contribution is -2.46. The summed E-state index contributed by atoms with van der Waals surface area (Å²) in [4.78, 5) is 0. The fourth-order valence-electron chi connectivity index (χ4n) is 1.39. The summed E-state index contributed by atoms with van der Waals surface area (Å²) >= 11 is 0. The minimum atomic E-state index is 0.0357. The summed E-state index contributed by atoms with van der Waals surface area (Å²) < 4.78 is 0. The summed E-state index contributed by atoms with van der Waals surface area (Å²) in [7, 11) is 0. The third kappa shape index (κ3) is 7.12. The van der Waals surface area contributed by atoms with Gasteiger partial charge in [-0.25, -0.2) is 0 Å². The smallest absolute Gasteiger partial charge is 0.0706 e. The van der Waals surface area contributed by atoms with Crippen LogP contribution in [0.2, 0.25) is 0 Å². The Morgan fingerprint density at radius 3 is 1.53 bits per heavy atom. The Balaban J connectivity index is 4.19. The molecular formula is C13H28N4O2. The fraction of sp³-hybridized carbons (Fsp3) is 0.846. The minimum absolute atomic E-state index is 0.0357. The van der Waals surface area contributed by atoms with Crippen molar-refractivity contribution in [2.45, 2.75) is 53.6 Å². The highest BCUT2D eigenvalue weighted by Gasteiger charge is 2.20. The van der Waals surface area contributed by atoms with Gasteiger partial charge in [0.25, 0.3) is 0 Å². The molecule has 0 heterocycles. The Bertz CT molecular complexity index is 297. The molecule has 0 aromatic carbocycles. The number of nitrogens with zero attached hydrogens (tertiary/aromatic N) is 2. The second kappa shape index (κ2) is 8.12. The molecule has 2 atom stereocenters. The fourth-order valence-corrected chi connectivity index (χ4v) is 1.39. The lowest BCUT2D eigenvalue weighted by atomic mass is 9.92. The van der Waals surface area contributed by atoms with Gasteiger partial charge in [0.1, 0.15) is 0 Å². The van der Waals surface area contributed by atoms with Crippen molar-refractivity contribution < 1.29 is 10.4 Å². The standard InChI is InChI=1S/C13H28N4O2/c1-9(11(3)16-18)14-7-13(5,6)8-15-10(2)12(4)17-19/h9-10,14-15,18-19H,7-8H2,1-6H3/b16-11+,17-12+/t9-,10-/m1/s1. The van der Waals surface area contributed by atoms with Crippen LogP contribution in [0.3, 0.4) is 0 Å². The van der Waals surface area contributed by atoms with Gasteiger partial charge in [0.15, 0.2) is 0 Å². The molecule has 0 aromatic rings. The normalized spacial score (nSPS) is 17.4. The monoisotopic (exact) mass is 272 g/mol. The van der Waals surface area contributed by atoms with Crippen molar-refractivity contribution in [3.05, 3.63) is 0 Å². The number of oxime groups is 2. The van der Waals surface area contributed by atoms with Gasteiger partial charge >= 0.3 is 0 Å². The van der Waals surface area contributed by atoms with Crippen LogP contribution in [-0.2, 0) is 0 Å². The Labute approximate surface area is 116 Å². The zero-order valence-corrected chi connectivity index (χ0v) is 12.9. The van der Waals surface area contributed by atoms with Crippen molar-refractivity contribution in [1.82, 2.24) is 10.6 Å². The molecule has 112 valence electrons. The Kier molecular flexibility index (Phi) is 7.63. The molecule has 0 aromatic heterocycles. The van der Waals surface area contributed by atoms with E-state index in [9.17, 15) is 0 Å². The first-order valence-corrected chi connectivity index (χ1v) is 6.57. The molecule has 6 nitrogen and oxygen atoms in total. The van der Waals surface area contributed by atoms with E-state index in [1.807, 2.05) is 13.8 Å². The lowest BCUT2D eigenvalue weighted by molar-refractivity contribution is 0.298. The Hall–Kier alpha value is -1.14. The van der Waals surface area contributed by atoms with Crippen LogP contribution in [-0.4, -0.2) is 47.0 Å². The molecule has 0 saturated carbocycles. The first kappa shape index (κ1) is 17.9. The molecule has 0 aliphatic heterocycles. The first-order valence-electron chi connectivity index (χ1n) is 6.57. The quantitative estimate of drug-likeness (QED) is 0.307. The van der Waals surface area contributed by atoms with Crippen LogP contribution in [0.4, 0.5) is 0 Å². The Morgan fingerprint density at radius 1 is 0.947 bits per heavy atom. The van der Waals surface area contributed by atoms with Crippen molar-refractivity contribution in [1.29, 1.82) is 0 Å². The van der Waals surface area contributed by atoms with Crippen LogP contribution in [0.1, 0.15) is 41.5 Å². The molecule has 0 saturated heterocycles. The lowest BCUT2D eigenvalue weighted by Gasteiger charge is -2.29. The number of nitrogens with one attached hydrogen (secondary N) is 2. The van der Waals surface area contributed by atoms with Gasteiger partial charge in [0.05, 0.1) is 11.4 Å². The van der Waals surface area contributed by atoms with Gasteiger partial charge < -0.3 is 21.0 Å². The van der Waals surface area contributed by atoms with Gasteiger partial charge in [-0.05, 0) is 33.1 Å². The van der Waals surface area contributed by atoms with E-state index in [4.69, 9.17) is 10.4 Å². The van der Waals surface area contributed by atoms with E-state index >= 15 is 0 Å². The van der Waals surface area contributed by atoms with Gasteiger partial charge in [0.2, 0.25) is 0 Å². The maximum Gasteiger partial charge on any atom is 0.0706 e. The van der Waals surface area contributed by atoms with Crippen LogP contribution in [0, 0.1) is 5.41 Å². The van der Waals surface area contributed by atoms with Crippen LogP contribution in [0.5, 0.6) is 0 Å². The highest BCUT2D eigenvalue weighted by Crippen LogP contribution is 2.12. The highest BCUT2D eigenvalue weighted by atomic mass is 16.4. The second-order valence-electron chi connectivity index (χ2n) is 5.85. The third-order valence-electron chi connectivity index (χ3n) is 3.34. The molecule has 0 bridgehead atoms. The molecule has 0 fully saturated rings. The van der Waals surface area contributed by atoms with Crippen LogP contribution in [0.15, 0.2) is 10.3 Å². The van der Waals surface area contributed by atoms with Crippen LogP contribution >= 0.6 is 0 Å². The van der Waals surface area contributed by atoms with Gasteiger partial charge in [-0.3, -0.25) is 0 Å². The van der Waals surface area contributed by atoms with E-state index in [1.165, 1.54) is 0 Å². The molecule has 0 unspecified atom stereocenters. The third-order valence-corrected chi connectivity index (χ3v) is 3.34. The maximum atomic E-state index is 8.70. The summed E-state index contributed by atoms with van der Waals surface area (Å²) in [5, 5.41) is 30.4. The van der Waals surface area contributed by atoms with E-state index in [1.54, 1.807) is 13.8 Å². The molecular weight excluding hydrogens is 244 g/mol. The molecule has 19 heavy (non-hydrogen) atoms. The predicted octanol–water partition coefficient (Wildman–Crippen LogP) is 1.67. The summed E-state index contributed by atoms with van der Waals surface area (Å²) in [5.74, 6) is 0. The topological polar surface area (TPSA) is 89.2 Å². The highest BCUT2D eigenvalue weighted by molar-refractivity contribution is 5.86. The number of hydrogen-bond donors (Lipinski definition) is 4. The molecule has 0 spiro atoms. The first-order chi connectivity index (χ1) is 8.73. The van der Waals surface area contributed by atoms with Crippen LogP contribution < -0.4 is 10.6 Å². The summed E-state index contributed by atoms with van der Waals surface area (Å²) in [5.41, 5.74) is 1.37. The van der Waals surface area contributed by atoms with Gasteiger partial charge in [0, 0.05) is 25.2 Å². The molecule has 0 amide bonds. The largest absolute Gasteiger partial charge is 0.411 e. The number of hydrogen-bond acceptors (Lipinski definition) is 6. The van der Waals surface area contributed by atoms with Crippen molar-refractivity contribution in [3.63, 3.8) is 0 Å². The average Bonchev–Trinajstić information content (AvgIpc) is 2.40. The molecule has 0 aliphatic carbocycles. The van der Waals surface area contributed by atoms with Crippen molar-refractivity contribution in [3.8, 4) is 0 Å². The van der Waals surface area contributed by atoms with Crippen molar-refractivity contribution in [2.75, 3.05) is 13.1 Å². The molecule has 0 aliphatic rings. The average molecular weight is 272 g/mol. The maximum absolute atomic E-state index is 8.70. The van der Waals surface area contributed by atoms with E-state index < -0.39 is 0 Å². The SMILES string of the molecule is C/C(=N\O)[C@@H](C)NCC(C)(C)CN[C@H](C)/C(C)=N/O. The molecule has 4 N–H and O–H groups in total. The molecule has 0 radical (unpaired) electrons. The van der Waals surface area contributed by atoms with E-state index in [-0.39, 0.29) is 17.5 Å². The van der Waals surface area contributed by atoms with Crippen LogP contribution in [0.25, 0.3) is 0 Å².